The molecule has 0 atom stereocenters. The van der Waals surface area contributed by atoms with Crippen molar-refractivity contribution in [3.8, 4) is 0 Å². The molecular formula is C25H33N3O. The number of likely N-dealkylation sites (tertiary alicyclic amines) is 1. The maximum atomic E-state index is 13.0. The molecule has 0 unspecified atom stereocenters. The van der Waals surface area contributed by atoms with Crippen LogP contribution in [0, 0.1) is 12.8 Å². The second-order valence-electron chi connectivity index (χ2n) is 8.63. The largest absolute Gasteiger partial charge is 0.340 e. The molecule has 29 heavy (non-hydrogen) atoms. The minimum atomic E-state index is 0.212. The molecule has 4 heteroatoms. The monoisotopic (exact) mass is 391 g/mol. The Morgan fingerprint density at radius 1 is 0.793 bits per heavy atom. The summed E-state index contributed by atoms with van der Waals surface area (Å²) < 4.78 is 0. The Balaban J connectivity index is 1.21. The number of piperazine rings is 1. The highest BCUT2D eigenvalue weighted by molar-refractivity contribution is 5.79. The van der Waals surface area contributed by atoms with E-state index in [9.17, 15) is 4.79 Å². The summed E-state index contributed by atoms with van der Waals surface area (Å²) >= 11 is 0. The molecule has 0 N–H and O–H groups in total. The predicted octanol–water partition coefficient (Wildman–Crippen LogP) is 3.55. The van der Waals surface area contributed by atoms with Gasteiger partial charge in [-0.2, -0.15) is 0 Å². The van der Waals surface area contributed by atoms with Crippen molar-refractivity contribution in [1.29, 1.82) is 0 Å². The predicted molar refractivity (Wildman–Crippen MR) is 117 cm³/mol. The van der Waals surface area contributed by atoms with E-state index >= 15 is 0 Å². The van der Waals surface area contributed by atoms with Crippen LogP contribution < -0.4 is 0 Å². The molecule has 2 aliphatic heterocycles. The van der Waals surface area contributed by atoms with Crippen LogP contribution in [-0.4, -0.2) is 59.9 Å². The number of amides is 1. The Labute approximate surface area is 175 Å². The smallest absolute Gasteiger partial charge is 0.225 e. The van der Waals surface area contributed by atoms with Crippen LogP contribution in [0.1, 0.15) is 29.5 Å². The quantitative estimate of drug-likeness (QED) is 0.780. The maximum absolute atomic E-state index is 13.0. The molecule has 1 amide bonds. The van der Waals surface area contributed by atoms with Crippen LogP contribution in [0.3, 0.4) is 0 Å². The highest BCUT2D eigenvalue weighted by Gasteiger charge is 2.30. The number of carbonyl (C=O) groups excluding carboxylic acids is 1. The lowest BCUT2D eigenvalue weighted by atomic mass is 9.94. The van der Waals surface area contributed by atoms with Gasteiger partial charge >= 0.3 is 0 Å². The third-order valence-electron chi connectivity index (χ3n) is 6.36. The van der Waals surface area contributed by atoms with Gasteiger partial charge in [0, 0.05) is 45.2 Å². The van der Waals surface area contributed by atoms with E-state index in [-0.39, 0.29) is 5.92 Å². The number of benzene rings is 2. The van der Waals surface area contributed by atoms with Crippen molar-refractivity contribution in [1.82, 2.24) is 14.7 Å². The fourth-order valence-electron chi connectivity index (χ4n) is 4.63. The molecule has 2 aliphatic rings. The van der Waals surface area contributed by atoms with Crippen molar-refractivity contribution in [3.63, 3.8) is 0 Å². The zero-order valence-electron chi connectivity index (χ0n) is 17.6. The van der Waals surface area contributed by atoms with Gasteiger partial charge in [-0.3, -0.25) is 14.6 Å². The lowest BCUT2D eigenvalue weighted by Gasteiger charge is -2.38. The van der Waals surface area contributed by atoms with Gasteiger partial charge in [-0.15, -0.1) is 0 Å². The number of piperidine rings is 1. The summed E-state index contributed by atoms with van der Waals surface area (Å²) in [6, 6.07) is 19.4. The van der Waals surface area contributed by atoms with E-state index in [4.69, 9.17) is 0 Å². The van der Waals surface area contributed by atoms with Crippen molar-refractivity contribution in [2.24, 2.45) is 5.92 Å². The first kappa shape index (κ1) is 20.1. The molecular weight excluding hydrogens is 358 g/mol. The third-order valence-corrected chi connectivity index (χ3v) is 6.36. The summed E-state index contributed by atoms with van der Waals surface area (Å²) in [5.41, 5.74) is 4.05. The fraction of sp³-hybridized carbons (Fsp3) is 0.480. The molecule has 2 heterocycles. The second kappa shape index (κ2) is 9.55. The van der Waals surface area contributed by atoms with E-state index in [1.54, 1.807) is 0 Å². The van der Waals surface area contributed by atoms with E-state index in [2.05, 4.69) is 76.2 Å². The van der Waals surface area contributed by atoms with Gasteiger partial charge in [-0.1, -0.05) is 60.2 Å². The van der Waals surface area contributed by atoms with Gasteiger partial charge in [0.25, 0.3) is 0 Å². The SMILES string of the molecule is Cc1cccc(CN2CCC(C(=O)N3CCN(Cc4ccccc4)CC3)CC2)c1. The Hall–Kier alpha value is -2.17. The lowest BCUT2D eigenvalue weighted by Crippen LogP contribution is -2.51. The zero-order valence-corrected chi connectivity index (χ0v) is 17.6. The van der Waals surface area contributed by atoms with Crippen LogP contribution in [-0.2, 0) is 17.9 Å². The van der Waals surface area contributed by atoms with Crippen molar-refractivity contribution in [2.75, 3.05) is 39.3 Å². The molecule has 4 nitrogen and oxygen atoms in total. The molecule has 2 saturated heterocycles. The average Bonchev–Trinajstić information content (AvgIpc) is 2.75. The summed E-state index contributed by atoms with van der Waals surface area (Å²) in [4.78, 5) is 20.1. The average molecular weight is 392 g/mol. The Kier molecular flexibility index (Phi) is 6.63. The topological polar surface area (TPSA) is 26.8 Å². The summed E-state index contributed by atoms with van der Waals surface area (Å²) in [6.45, 7) is 9.88. The molecule has 2 fully saturated rings. The first-order chi connectivity index (χ1) is 14.2. The number of carbonyl (C=O) groups is 1. The van der Waals surface area contributed by atoms with E-state index in [0.717, 1.165) is 65.2 Å². The van der Waals surface area contributed by atoms with Gasteiger partial charge < -0.3 is 4.90 Å². The maximum Gasteiger partial charge on any atom is 0.225 e. The van der Waals surface area contributed by atoms with Crippen LogP contribution in [0.25, 0.3) is 0 Å². The first-order valence-corrected chi connectivity index (χ1v) is 11.0. The number of nitrogens with zero attached hydrogens (tertiary/aromatic N) is 3. The summed E-state index contributed by atoms with van der Waals surface area (Å²) in [5, 5.41) is 0. The highest BCUT2D eigenvalue weighted by Crippen LogP contribution is 2.22. The van der Waals surface area contributed by atoms with E-state index in [0.29, 0.717) is 5.91 Å². The van der Waals surface area contributed by atoms with Crippen molar-refractivity contribution >= 4 is 5.91 Å². The minimum absolute atomic E-state index is 0.212. The van der Waals surface area contributed by atoms with Crippen LogP contribution >= 0.6 is 0 Å². The Morgan fingerprint density at radius 3 is 2.10 bits per heavy atom. The molecule has 0 saturated carbocycles. The summed E-state index contributed by atoms with van der Waals surface area (Å²) in [5.74, 6) is 0.601. The molecule has 0 spiro atoms. The van der Waals surface area contributed by atoms with Gasteiger partial charge in [0.15, 0.2) is 0 Å². The van der Waals surface area contributed by atoms with E-state index in [1.165, 1.54) is 16.7 Å². The first-order valence-electron chi connectivity index (χ1n) is 11.0. The van der Waals surface area contributed by atoms with Crippen LogP contribution in [0.2, 0.25) is 0 Å². The van der Waals surface area contributed by atoms with Gasteiger partial charge in [-0.05, 0) is 44.0 Å². The number of hydrogen-bond acceptors (Lipinski definition) is 3. The molecule has 2 aromatic carbocycles. The number of aryl methyl sites for hydroxylation is 1. The van der Waals surface area contributed by atoms with Crippen LogP contribution in [0.5, 0.6) is 0 Å². The van der Waals surface area contributed by atoms with Crippen molar-refractivity contribution in [2.45, 2.75) is 32.9 Å². The standard InChI is InChI=1S/C25H33N3O/c1-21-6-5-9-23(18-21)20-26-12-10-24(11-13-26)25(29)28-16-14-27(15-17-28)19-22-7-3-2-4-8-22/h2-9,18,24H,10-17,19-20H2,1H3. The molecule has 154 valence electrons. The molecule has 4 rings (SSSR count). The third kappa shape index (κ3) is 5.46. The number of hydrogen-bond donors (Lipinski definition) is 0. The molecule has 0 bridgehead atoms. The highest BCUT2D eigenvalue weighted by atomic mass is 16.2. The van der Waals surface area contributed by atoms with Gasteiger partial charge in [0.2, 0.25) is 5.91 Å². The van der Waals surface area contributed by atoms with Crippen molar-refractivity contribution in [3.05, 3.63) is 71.3 Å². The van der Waals surface area contributed by atoms with E-state index in [1.807, 2.05) is 0 Å². The molecule has 0 aliphatic carbocycles. The minimum Gasteiger partial charge on any atom is -0.340 e. The van der Waals surface area contributed by atoms with Gasteiger partial charge in [-0.25, -0.2) is 0 Å². The zero-order chi connectivity index (χ0) is 20.1. The molecule has 2 aromatic rings. The number of rotatable bonds is 5. The van der Waals surface area contributed by atoms with Gasteiger partial charge in [0.1, 0.15) is 0 Å². The van der Waals surface area contributed by atoms with Crippen molar-refractivity contribution < 1.29 is 4.79 Å². The fourth-order valence-corrected chi connectivity index (χ4v) is 4.63. The van der Waals surface area contributed by atoms with Gasteiger partial charge in [0.05, 0.1) is 0 Å². The normalized spacial score (nSPS) is 19.4. The van der Waals surface area contributed by atoms with E-state index < -0.39 is 0 Å². The second-order valence-corrected chi connectivity index (χ2v) is 8.63. The molecule has 0 radical (unpaired) electrons. The summed E-state index contributed by atoms with van der Waals surface area (Å²) in [6.07, 6.45) is 1.99. The van der Waals surface area contributed by atoms with Crippen LogP contribution in [0.15, 0.2) is 54.6 Å². The van der Waals surface area contributed by atoms with Crippen LogP contribution in [0.4, 0.5) is 0 Å². The Bertz CT molecular complexity index is 791. The Morgan fingerprint density at radius 2 is 1.41 bits per heavy atom. The lowest BCUT2D eigenvalue weighted by molar-refractivity contribution is -0.139. The molecule has 0 aromatic heterocycles. The summed E-state index contributed by atoms with van der Waals surface area (Å²) in [7, 11) is 0.